The first-order valence-electron chi connectivity index (χ1n) is 8.17. The fourth-order valence-electron chi connectivity index (χ4n) is 1.86. The second-order valence-electron chi connectivity index (χ2n) is 5.00. The first-order chi connectivity index (χ1) is 9.18. The highest BCUT2D eigenvalue weighted by Gasteiger charge is 1.94. The molecule has 0 rings (SSSR count). The van der Waals surface area contributed by atoms with Crippen LogP contribution in [0, 0.1) is 0 Å². The van der Waals surface area contributed by atoms with Crippen molar-refractivity contribution in [3.63, 3.8) is 0 Å². The summed E-state index contributed by atoms with van der Waals surface area (Å²) in [6.45, 7) is 8.63. The molecular weight excluding hydrogens is 236 g/mol. The quantitative estimate of drug-likeness (QED) is 0.527. The van der Waals surface area contributed by atoms with Gasteiger partial charge in [0.25, 0.3) is 0 Å². The van der Waals surface area contributed by atoms with Crippen LogP contribution in [0.1, 0.15) is 85.0 Å². The average molecular weight is 272 g/mol. The lowest BCUT2D eigenvalue weighted by atomic mass is 10.1. The minimum Gasteiger partial charge on any atom is -0.370 e. The van der Waals surface area contributed by atoms with E-state index in [0.717, 1.165) is 25.9 Å². The normalized spacial score (nSPS) is 9.84. The Morgan fingerprint density at radius 1 is 0.789 bits per heavy atom. The fraction of sp³-hybridized carbons (Fsp3) is 0.938. The van der Waals surface area contributed by atoms with Crippen molar-refractivity contribution in [2.45, 2.75) is 85.0 Å². The molecule has 0 aliphatic rings. The molecule has 0 radical (unpaired) electrons. The Kier molecular flexibility index (Phi) is 21.6. The van der Waals surface area contributed by atoms with E-state index in [1.165, 1.54) is 44.9 Å². The van der Waals surface area contributed by atoms with Crippen LogP contribution in [0.4, 0.5) is 0 Å². The summed E-state index contributed by atoms with van der Waals surface area (Å²) in [6.07, 6.45) is 12.1. The van der Waals surface area contributed by atoms with Crippen molar-refractivity contribution >= 4 is 5.91 Å². The Balaban J connectivity index is 0. The molecule has 116 valence electrons. The van der Waals surface area contributed by atoms with Crippen LogP contribution in [0.25, 0.3) is 0 Å². The van der Waals surface area contributed by atoms with Crippen molar-refractivity contribution in [2.24, 2.45) is 5.73 Å². The third-order valence-corrected chi connectivity index (χ3v) is 3.03. The highest BCUT2D eigenvalue weighted by molar-refractivity contribution is 5.73. The van der Waals surface area contributed by atoms with E-state index in [0.29, 0.717) is 6.42 Å². The smallest absolute Gasteiger partial charge is 0.217 e. The van der Waals surface area contributed by atoms with Crippen molar-refractivity contribution in [3.05, 3.63) is 0 Å². The van der Waals surface area contributed by atoms with Crippen LogP contribution < -0.4 is 11.1 Å². The van der Waals surface area contributed by atoms with E-state index >= 15 is 0 Å². The summed E-state index contributed by atoms with van der Waals surface area (Å²) >= 11 is 0. The van der Waals surface area contributed by atoms with Crippen LogP contribution in [0.2, 0.25) is 0 Å². The third kappa shape index (κ3) is 26.9. The van der Waals surface area contributed by atoms with Crippen molar-refractivity contribution in [3.8, 4) is 0 Å². The van der Waals surface area contributed by atoms with Gasteiger partial charge in [0.15, 0.2) is 0 Å². The van der Waals surface area contributed by atoms with Crippen LogP contribution >= 0.6 is 0 Å². The van der Waals surface area contributed by atoms with Crippen LogP contribution in [-0.4, -0.2) is 19.0 Å². The van der Waals surface area contributed by atoms with Gasteiger partial charge in [-0.1, -0.05) is 72.1 Å². The summed E-state index contributed by atoms with van der Waals surface area (Å²) in [5.41, 5.74) is 5.05. The second-order valence-corrected chi connectivity index (χ2v) is 5.00. The topological polar surface area (TPSA) is 55.1 Å². The molecule has 3 N–H and O–H groups in total. The number of rotatable bonds is 12. The number of hydrogen-bond acceptors (Lipinski definition) is 2. The minimum atomic E-state index is -0.159. The van der Waals surface area contributed by atoms with Gasteiger partial charge in [-0.25, -0.2) is 0 Å². The molecule has 0 fully saturated rings. The lowest BCUT2D eigenvalue weighted by Crippen LogP contribution is -2.09. The summed E-state index contributed by atoms with van der Waals surface area (Å²) < 4.78 is 0. The average Bonchev–Trinajstić information content (AvgIpc) is 2.38. The molecule has 0 aromatic heterocycles. The highest BCUT2D eigenvalue weighted by Crippen LogP contribution is 2.10. The molecule has 0 saturated heterocycles. The maximum Gasteiger partial charge on any atom is 0.217 e. The molecule has 0 aromatic carbocycles. The number of amides is 1. The van der Waals surface area contributed by atoms with E-state index in [2.05, 4.69) is 26.1 Å². The predicted molar refractivity (Wildman–Crippen MR) is 85.3 cm³/mol. The molecule has 0 spiro atoms. The number of primary amides is 1. The zero-order valence-electron chi connectivity index (χ0n) is 13.5. The zero-order chi connectivity index (χ0) is 14.8. The Hall–Kier alpha value is -0.570. The lowest BCUT2D eigenvalue weighted by molar-refractivity contribution is -0.118. The first kappa shape index (κ1) is 20.7. The number of nitrogens with two attached hydrogens (primary N) is 1. The maximum absolute atomic E-state index is 10.4. The third-order valence-electron chi connectivity index (χ3n) is 3.03. The van der Waals surface area contributed by atoms with Crippen LogP contribution in [0.3, 0.4) is 0 Å². The molecule has 3 heteroatoms. The summed E-state index contributed by atoms with van der Waals surface area (Å²) in [4.78, 5) is 10.4. The predicted octanol–water partition coefficient (Wildman–Crippen LogP) is 4.01. The second kappa shape index (κ2) is 19.8. The summed E-state index contributed by atoms with van der Waals surface area (Å²) in [5, 5.41) is 3.11. The molecule has 0 unspecified atom stereocenters. The molecule has 3 nitrogen and oxygen atoms in total. The van der Waals surface area contributed by atoms with Gasteiger partial charge in [0.2, 0.25) is 5.91 Å². The van der Waals surface area contributed by atoms with Gasteiger partial charge in [0.1, 0.15) is 0 Å². The van der Waals surface area contributed by atoms with E-state index < -0.39 is 0 Å². The minimum absolute atomic E-state index is 0.159. The molecule has 0 aliphatic heterocycles. The van der Waals surface area contributed by atoms with Crippen molar-refractivity contribution in [2.75, 3.05) is 13.1 Å². The highest BCUT2D eigenvalue weighted by atomic mass is 16.1. The molecular formula is C16H36N2O. The standard InChI is InChI=1S/C12H25NO.C4H11N/c1-2-3-4-5-6-7-8-9-10-11-12(13)14;1-3-5-4-2/h2-11H2,1H3,(H2,13,14);5H,3-4H2,1-2H3. The van der Waals surface area contributed by atoms with Crippen LogP contribution in [-0.2, 0) is 4.79 Å². The zero-order valence-corrected chi connectivity index (χ0v) is 13.5. The SMILES string of the molecule is CCCCCCCCCCCC(N)=O.CCNCC. The summed E-state index contributed by atoms with van der Waals surface area (Å²) in [7, 11) is 0. The van der Waals surface area contributed by atoms with E-state index in [9.17, 15) is 4.79 Å². The summed E-state index contributed by atoms with van der Waals surface area (Å²) in [5.74, 6) is -0.159. The van der Waals surface area contributed by atoms with Gasteiger partial charge in [-0.05, 0) is 19.5 Å². The Morgan fingerprint density at radius 3 is 1.53 bits per heavy atom. The Morgan fingerprint density at radius 2 is 1.21 bits per heavy atom. The van der Waals surface area contributed by atoms with E-state index in [1.54, 1.807) is 0 Å². The molecule has 0 bridgehead atoms. The molecule has 0 aromatic rings. The van der Waals surface area contributed by atoms with Crippen molar-refractivity contribution in [1.29, 1.82) is 0 Å². The van der Waals surface area contributed by atoms with Crippen molar-refractivity contribution < 1.29 is 4.79 Å². The lowest BCUT2D eigenvalue weighted by Gasteiger charge is -2.00. The van der Waals surface area contributed by atoms with E-state index in [1.807, 2.05) is 0 Å². The number of carbonyl (C=O) groups excluding carboxylic acids is 1. The first-order valence-corrected chi connectivity index (χ1v) is 8.17. The van der Waals surface area contributed by atoms with E-state index in [-0.39, 0.29) is 5.91 Å². The molecule has 1 amide bonds. The number of unbranched alkanes of at least 4 members (excludes halogenated alkanes) is 8. The number of carbonyl (C=O) groups is 1. The molecule has 19 heavy (non-hydrogen) atoms. The molecule has 0 heterocycles. The van der Waals surface area contributed by atoms with Gasteiger partial charge < -0.3 is 11.1 Å². The molecule has 0 aliphatic carbocycles. The number of nitrogens with one attached hydrogen (secondary N) is 1. The Labute approximate surface area is 120 Å². The monoisotopic (exact) mass is 272 g/mol. The summed E-state index contributed by atoms with van der Waals surface area (Å²) in [6, 6.07) is 0. The van der Waals surface area contributed by atoms with Gasteiger partial charge in [0, 0.05) is 6.42 Å². The van der Waals surface area contributed by atoms with E-state index in [4.69, 9.17) is 5.73 Å². The fourth-order valence-corrected chi connectivity index (χ4v) is 1.86. The van der Waals surface area contributed by atoms with Gasteiger partial charge in [-0.2, -0.15) is 0 Å². The molecule has 0 saturated carbocycles. The van der Waals surface area contributed by atoms with Crippen molar-refractivity contribution in [1.82, 2.24) is 5.32 Å². The Bertz CT molecular complexity index is 170. The van der Waals surface area contributed by atoms with Crippen LogP contribution in [0.5, 0.6) is 0 Å². The van der Waals surface area contributed by atoms with Gasteiger partial charge in [-0.3, -0.25) is 4.79 Å². The molecule has 0 atom stereocenters. The van der Waals surface area contributed by atoms with Gasteiger partial charge >= 0.3 is 0 Å². The maximum atomic E-state index is 10.4. The van der Waals surface area contributed by atoms with Crippen LogP contribution in [0.15, 0.2) is 0 Å². The number of hydrogen-bond donors (Lipinski definition) is 2. The van der Waals surface area contributed by atoms with Gasteiger partial charge in [0.05, 0.1) is 0 Å². The largest absolute Gasteiger partial charge is 0.370 e. The van der Waals surface area contributed by atoms with Gasteiger partial charge in [-0.15, -0.1) is 0 Å².